The van der Waals surface area contributed by atoms with E-state index in [9.17, 15) is 0 Å². The summed E-state index contributed by atoms with van der Waals surface area (Å²) < 4.78 is 7.67. The van der Waals surface area contributed by atoms with Crippen molar-refractivity contribution in [1.82, 2.24) is 0 Å². The molecule has 1 rings (SSSR count). The number of hydrogen-bond acceptors (Lipinski definition) is 1. The molecule has 0 aromatic heterocycles. The Morgan fingerprint density at radius 1 is 1.40 bits per heavy atom. The molecule has 1 aliphatic rings. The fourth-order valence-electron chi connectivity index (χ4n) is 1.65. The van der Waals surface area contributed by atoms with Gasteiger partial charge in [0, 0.05) is 0 Å². The van der Waals surface area contributed by atoms with E-state index < -0.39 is 23.7 Å². The molecule has 0 bridgehead atoms. The molecule has 0 saturated carbocycles. The summed E-state index contributed by atoms with van der Waals surface area (Å²) in [6, 6.07) is 0. The molecule has 0 aliphatic heterocycles. The van der Waals surface area contributed by atoms with Crippen LogP contribution < -0.4 is 0 Å². The van der Waals surface area contributed by atoms with Crippen molar-refractivity contribution in [3.8, 4) is 0 Å². The molecule has 0 spiro atoms. The quantitative estimate of drug-likeness (QED) is 0.607. The molecule has 1 nitrogen and oxygen atoms in total. The van der Waals surface area contributed by atoms with Crippen LogP contribution in [0.3, 0.4) is 0 Å². The summed E-state index contributed by atoms with van der Waals surface area (Å²) in [6.45, 7) is 4.50. The summed E-state index contributed by atoms with van der Waals surface area (Å²) in [6.07, 6.45) is 14.8. The zero-order chi connectivity index (χ0) is 10.9. The second kappa shape index (κ2) is 8.47. The van der Waals surface area contributed by atoms with Crippen molar-refractivity contribution in [3.05, 3.63) is 21.5 Å². The molecule has 15 heavy (non-hydrogen) atoms. The van der Waals surface area contributed by atoms with Gasteiger partial charge in [-0.25, -0.2) is 0 Å². The molecule has 1 unspecified atom stereocenters. The van der Waals surface area contributed by atoms with Gasteiger partial charge in [0.1, 0.15) is 0 Å². The van der Waals surface area contributed by atoms with Crippen LogP contribution in [-0.4, -0.2) is 6.10 Å². The van der Waals surface area contributed by atoms with E-state index in [1.807, 2.05) is 0 Å². The first-order valence-electron chi connectivity index (χ1n) is 6.14. The van der Waals surface area contributed by atoms with Gasteiger partial charge in [0.15, 0.2) is 0 Å². The first-order valence-corrected chi connectivity index (χ1v) is 8.37. The van der Waals surface area contributed by atoms with Crippen molar-refractivity contribution < 1.29 is 26.5 Å². The first-order chi connectivity index (χ1) is 7.36. The van der Waals surface area contributed by atoms with E-state index in [1.54, 1.807) is 3.28 Å². The molecular formula is C13H22OZr. The average Bonchev–Trinajstić information content (AvgIpc) is 2.76. The Hall–Kier alpha value is 0.323. The Balaban J connectivity index is 2.10. The topological polar surface area (TPSA) is 9.23 Å². The molecular weight excluding hydrogens is 263 g/mol. The Kier molecular flexibility index (Phi) is 7.56. The average molecular weight is 286 g/mol. The summed E-state index contributed by atoms with van der Waals surface area (Å²) in [4.78, 5) is 0. The standard InChI is InChI=1S/C8H17O.C5H5.Zr/c1-3-5-6-7-8(9)4-2;1-2-4-5-3-1;/h8H,3-7H2,1-2H3;1-3H,4H2;/q-1;;+1. The normalized spacial score (nSPS) is 16.5. The van der Waals surface area contributed by atoms with Gasteiger partial charge in [0.05, 0.1) is 0 Å². The summed E-state index contributed by atoms with van der Waals surface area (Å²) in [5.74, 6) is 0. The van der Waals surface area contributed by atoms with E-state index in [-0.39, 0.29) is 0 Å². The summed E-state index contributed by atoms with van der Waals surface area (Å²) in [5, 5.41) is 0. The van der Waals surface area contributed by atoms with E-state index in [0.29, 0.717) is 6.10 Å². The fourth-order valence-corrected chi connectivity index (χ4v) is 4.03. The van der Waals surface area contributed by atoms with Crippen LogP contribution in [0.1, 0.15) is 52.4 Å². The zero-order valence-corrected chi connectivity index (χ0v) is 12.4. The van der Waals surface area contributed by atoms with Crippen LogP contribution in [-0.2, 0) is 26.5 Å². The van der Waals surface area contributed by atoms with Crippen molar-refractivity contribution >= 4 is 0 Å². The van der Waals surface area contributed by atoms with Crippen molar-refractivity contribution in [2.75, 3.05) is 0 Å². The Morgan fingerprint density at radius 3 is 2.87 bits per heavy atom. The number of unbranched alkanes of at least 4 members (excludes halogenated alkanes) is 2. The van der Waals surface area contributed by atoms with E-state index >= 15 is 0 Å². The van der Waals surface area contributed by atoms with Gasteiger partial charge in [-0.05, 0) is 0 Å². The molecule has 2 heteroatoms. The maximum absolute atomic E-state index is 6.08. The molecule has 0 N–H and O–H groups in total. The SMILES string of the molecule is CCCCCC(CC)[O][Zr][C]1=CC=CC1. The first kappa shape index (κ1) is 13.4. The summed E-state index contributed by atoms with van der Waals surface area (Å²) in [5.41, 5.74) is 0. The van der Waals surface area contributed by atoms with Crippen molar-refractivity contribution in [2.24, 2.45) is 0 Å². The minimum atomic E-state index is -0.683. The summed E-state index contributed by atoms with van der Waals surface area (Å²) in [7, 11) is 0. The van der Waals surface area contributed by atoms with Crippen molar-refractivity contribution in [1.29, 1.82) is 0 Å². The van der Waals surface area contributed by atoms with Gasteiger partial charge in [-0.1, -0.05) is 0 Å². The van der Waals surface area contributed by atoms with Gasteiger partial charge < -0.3 is 0 Å². The third-order valence-corrected chi connectivity index (χ3v) is 5.38. The van der Waals surface area contributed by atoms with Crippen LogP contribution in [0.25, 0.3) is 0 Å². The minimum absolute atomic E-state index is 0.546. The molecule has 0 fully saturated rings. The Labute approximate surface area is 106 Å². The molecule has 0 heterocycles. The fraction of sp³-hybridized carbons (Fsp3) is 0.692. The molecule has 1 atom stereocenters. The summed E-state index contributed by atoms with van der Waals surface area (Å²) >= 11 is -0.683. The molecule has 0 radical (unpaired) electrons. The van der Waals surface area contributed by atoms with Gasteiger partial charge in [0.2, 0.25) is 0 Å². The van der Waals surface area contributed by atoms with Crippen molar-refractivity contribution in [3.63, 3.8) is 0 Å². The van der Waals surface area contributed by atoms with Gasteiger partial charge in [-0.2, -0.15) is 0 Å². The van der Waals surface area contributed by atoms with Gasteiger partial charge in [-0.3, -0.25) is 0 Å². The molecule has 84 valence electrons. The molecule has 0 aromatic rings. The Bertz CT molecular complexity index is 221. The molecule has 0 amide bonds. The van der Waals surface area contributed by atoms with Gasteiger partial charge >= 0.3 is 106 Å². The number of rotatable bonds is 8. The predicted octanol–water partition coefficient (Wildman–Crippen LogP) is 4.20. The molecule has 0 saturated heterocycles. The van der Waals surface area contributed by atoms with Crippen LogP contribution in [0.5, 0.6) is 0 Å². The molecule has 1 aliphatic carbocycles. The Morgan fingerprint density at radius 2 is 2.27 bits per heavy atom. The van der Waals surface area contributed by atoms with Crippen LogP contribution in [0.15, 0.2) is 21.5 Å². The number of allylic oxidation sites excluding steroid dienone is 4. The second-order valence-corrected chi connectivity index (χ2v) is 6.73. The zero-order valence-electron chi connectivity index (χ0n) is 9.96. The van der Waals surface area contributed by atoms with Crippen molar-refractivity contribution in [2.45, 2.75) is 58.5 Å². The van der Waals surface area contributed by atoms with E-state index in [1.165, 1.54) is 32.1 Å². The predicted molar refractivity (Wildman–Crippen MR) is 61.1 cm³/mol. The van der Waals surface area contributed by atoms with E-state index in [4.69, 9.17) is 2.81 Å². The number of hydrogen-bond donors (Lipinski definition) is 0. The van der Waals surface area contributed by atoms with Crippen LogP contribution in [0.4, 0.5) is 0 Å². The molecule has 0 aromatic carbocycles. The van der Waals surface area contributed by atoms with E-state index in [2.05, 4.69) is 32.1 Å². The van der Waals surface area contributed by atoms with Gasteiger partial charge in [-0.15, -0.1) is 0 Å². The third-order valence-electron chi connectivity index (χ3n) is 2.71. The van der Waals surface area contributed by atoms with Gasteiger partial charge in [0.25, 0.3) is 0 Å². The monoisotopic (exact) mass is 284 g/mol. The van der Waals surface area contributed by atoms with Crippen LogP contribution in [0.2, 0.25) is 0 Å². The van der Waals surface area contributed by atoms with Crippen LogP contribution >= 0.6 is 0 Å². The third kappa shape index (κ3) is 5.83. The van der Waals surface area contributed by atoms with E-state index in [0.717, 1.165) is 6.42 Å². The second-order valence-electron chi connectivity index (χ2n) is 4.07. The maximum atomic E-state index is 6.08. The van der Waals surface area contributed by atoms with Crippen LogP contribution in [0, 0.1) is 0 Å².